The average Bonchev–Trinajstić information content (AvgIpc) is 3.10. The molecule has 1 aromatic carbocycles. The molecule has 0 aromatic heterocycles. The first kappa shape index (κ1) is 18.7. The summed E-state index contributed by atoms with van der Waals surface area (Å²) in [5.41, 5.74) is 1.00. The Morgan fingerprint density at radius 2 is 1.81 bits per heavy atom. The van der Waals surface area contributed by atoms with Crippen LogP contribution in [0.2, 0.25) is 0 Å². The summed E-state index contributed by atoms with van der Waals surface area (Å²) in [4.78, 5) is 16.6. The number of nitrogens with zero attached hydrogens (tertiary/aromatic N) is 2. The summed E-state index contributed by atoms with van der Waals surface area (Å²) >= 11 is 0. The molecule has 4 rings (SSSR count). The second-order valence-electron chi connectivity index (χ2n) is 7.85. The highest BCUT2D eigenvalue weighted by atomic mass is 16.7. The number of amides is 1. The fraction of sp³-hybridized carbons (Fsp3) is 0.667. The van der Waals surface area contributed by atoms with Gasteiger partial charge in [0.1, 0.15) is 6.61 Å². The van der Waals surface area contributed by atoms with E-state index in [1.807, 2.05) is 30.3 Å². The summed E-state index contributed by atoms with van der Waals surface area (Å²) in [6.07, 6.45) is 5.25. The highest BCUT2D eigenvalue weighted by Gasteiger charge is 2.45. The second kappa shape index (κ2) is 8.59. The van der Waals surface area contributed by atoms with Crippen LogP contribution in [0.15, 0.2) is 30.3 Å². The Kier molecular flexibility index (Phi) is 5.95. The molecule has 6 nitrogen and oxygen atoms in total. The van der Waals surface area contributed by atoms with Gasteiger partial charge in [0.2, 0.25) is 0 Å². The van der Waals surface area contributed by atoms with Crippen molar-refractivity contribution in [1.29, 1.82) is 0 Å². The maximum atomic E-state index is 12.3. The summed E-state index contributed by atoms with van der Waals surface area (Å²) in [5.74, 6) is -0.503. The average molecular weight is 374 g/mol. The quantitative estimate of drug-likeness (QED) is 0.811. The molecule has 3 aliphatic heterocycles. The van der Waals surface area contributed by atoms with Gasteiger partial charge in [-0.05, 0) is 31.5 Å². The minimum absolute atomic E-state index is 0.152. The van der Waals surface area contributed by atoms with Crippen molar-refractivity contribution < 1.29 is 19.0 Å². The predicted molar refractivity (Wildman–Crippen MR) is 101 cm³/mol. The highest BCUT2D eigenvalue weighted by Crippen LogP contribution is 2.34. The van der Waals surface area contributed by atoms with Crippen molar-refractivity contribution in [2.45, 2.75) is 50.6 Å². The van der Waals surface area contributed by atoms with E-state index < -0.39 is 5.79 Å². The van der Waals surface area contributed by atoms with Gasteiger partial charge in [-0.1, -0.05) is 36.8 Å². The van der Waals surface area contributed by atoms with Gasteiger partial charge in [-0.2, -0.15) is 0 Å². The van der Waals surface area contributed by atoms with Crippen molar-refractivity contribution >= 4 is 6.09 Å². The molecule has 148 valence electrons. The molecule has 0 bridgehead atoms. The molecule has 3 saturated heterocycles. The van der Waals surface area contributed by atoms with Crippen LogP contribution in [0.5, 0.6) is 0 Å². The predicted octanol–water partition coefficient (Wildman–Crippen LogP) is 3.02. The summed E-state index contributed by atoms with van der Waals surface area (Å²) < 4.78 is 17.8. The Labute approximate surface area is 161 Å². The van der Waals surface area contributed by atoms with Crippen molar-refractivity contribution in [2.75, 3.05) is 39.3 Å². The Morgan fingerprint density at radius 1 is 1.07 bits per heavy atom. The minimum atomic E-state index is -0.503. The zero-order valence-corrected chi connectivity index (χ0v) is 16.0. The van der Waals surface area contributed by atoms with Gasteiger partial charge in [0, 0.05) is 32.5 Å². The Morgan fingerprint density at radius 3 is 2.56 bits per heavy atom. The molecule has 1 amide bonds. The summed E-state index contributed by atoms with van der Waals surface area (Å²) in [6, 6.07) is 9.77. The first-order chi connectivity index (χ1) is 13.2. The Hall–Kier alpha value is -1.63. The van der Waals surface area contributed by atoms with Crippen LogP contribution in [0.4, 0.5) is 4.79 Å². The molecule has 1 atom stereocenters. The van der Waals surface area contributed by atoms with E-state index in [9.17, 15) is 4.79 Å². The lowest BCUT2D eigenvalue weighted by Crippen LogP contribution is -2.48. The van der Waals surface area contributed by atoms with Crippen LogP contribution in [0.25, 0.3) is 0 Å². The van der Waals surface area contributed by atoms with Crippen LogP contribution < -0.4 is 0 Å². The zero-order chi connectivity index (χ0) is 18.5. The van der Waals surface area contributed by atoms with E-state index in [1.54, 1.807) is 4.90 Å². The van der Waals surface area contributed by atoms with Crippen LogP contribution >= 0.6 is 0 Å². The molecule has 1 unspecified atom stereocenters. The van der Waals surface area contributed by atoms with E-state index in [0.717, 1.165) is 12.1 Å². The molecule has 1 aromatic rings. The molecule has 0 N–H and O–H groups in total. The summed E-state index contributed by atoms with van der Waals surface area (Å²) in [5, 5.41) is 0. The molecule has 0 radical (unpaired) electrons. The number of hydrogen-bond acceptors (Lipinski definition) is 5. The third-order valence-electron chi connectivity index (χ3n) is 5.81. The first-order valence-electron chi connectivity index (χ1n) is 10.2. The topological polar surface area (TPSA) is 51.2 Å². The molecular formula is C21H30N2O4. The van der Waals surface area contributed by atoms with Crippen molar-refractivity contribution in [3.05, 3.63) is 35.9 Å². The SMILES string of the molecule is O=C(OCc1ccccc1)N1CCC2(CC1)OCC(CN1CCCCC1)O2. The van der Waals surface area contributed by atoms with Gasteiger partial charge in [0.15, 0.2) is 5.79 Å². The second-order valence-corrected chi connectivity index (χ2v) is 7.85. The number of carbonyl (C=O) groups excluding carboxylic acids is 1. The van der Waals surface area contributed by atoms with E-state index in [-0.39, 0.29) is 12.2 Å². The standard InChI is InChI=1S/C21H30N2O4/c24-20(25-16-18-7-3-1-4-8-18)23-13-9-21(10-14-23)26-17-19(27-21)15-22-11-5-2-6-12-22/h1,3-4,7-8,19H,2,5-6,9-17H2. The van der Waals surface area contributed by atoms with Gasteiger partial charge >= 0.3 is 6.09 Å². The van der Waals surface area contributed by atoms with Crippen molar-refractivity contribution in [3.8, 4) is 0 Å². The number of piperidine rings is 2. The molecule has 0 saturated carbocycles. The number of rotatable bonds is 4. The zero-order valence-electron chi connectivity index (χ0n) is 16.0. The lowest BCUT2D eigenvalue weighted by molar-refractivity contribution is -0.193. The van der Waals surface area contributed by atoms with Crippen LogP contribution in [-0.2, 0) is 20.8 Å². The Bertz CT molecular complexity index is 610. The fourth-order valence-corrected chi connectivity index (χ4v) is 4.24. The van der Waals surface area contributed by atoms with E-state index in [4.69, 9.17) is 14.2 Å². The largest absolute Gasteiger partial charge is 0.445 e. The normalized spacial score (nSPS) is 25.6. The third kappa shape index (κ3) is 4.81. The van der Waals surface area contributed by atoms with Gasteiger partial charge in [-0.25, -0.2) is 4.79 Å². The van der Waals surface area contributed by atoms with Gasteiger partial charge in [0.05, 0.1) is 12.7 Å². The molecule has 3 heterocycles. The molecule has 27 heavy (non-hydrogen) atoms. The number of hydrogen-bond donors (Lipinski definition) is 0. The van der Waals surface area contributed by atoms with Crippen molar-refractivity contribution in [1.82, 2.24) is 9.80 Å². The van der Waals surface area contributed by atoms with Gasteiger partial charge in [-0.3, -0.25) is 0 Å². The number of likely N-dealkylation sites (tertiary alicyclic amines) is 2. The molecule has 6 heteroatoms. The van der Waals surface area contributed by atoms with Crippen LogP contribution in [-0.4, -0.2) is 67.1 Å². The van der Waals surface area contributed by atoms with Crippen LogP contribution in [0, 0.1) is 0 Å². The Balaban J connectivity index is 1.21. The summed E-state index contributed by atoms with van der Waals surface area (Å²) in [6.45, 7) is 5.52. The molecule has 3 aliphatic rings. The van der Waals surface area contributed by atoms with Gasteiger partial charge < -0.3 is 24.0 Å². The van der Waals surface area contributed by atoms with Crippen LogP contribution in [0.1, 0.15) is 37.7 Å². The van der Waals surface area contributed by atoms with Gasteiger partial charge in [0.25, 0.3) is 0 Å². The lowest BCUT2D eigenvalue weighted by atomic mass is 10.0. The third-order valence-corrected chi connectivity index (χ3v) is 5.81. The van der Waals surface area contributed by atoms with Gasteiger partial charge in [-0.15, -0.1) is 0 Å². The number of carbonyl (C=O) groups is 1. The molecule has 0 aliphatic carbocycles. The first-order valence-corrected chi connectivity index (χ1v) is 10.2. The molecule has 1 spiro atoms. The van der Waals surface area contributed by atoms with E-state index >= 15 is 0 Å². The number of ether oxygens (including phenoxy) is 3. The van der Waals surface area contributed by atoms with E-state index in [2.05, 4.69) is 4.90 Å². The fourth-order valence-electron chi connectivity index (χ4n) is 4.24. The van der Waals surface area contributed by atoms with Crippen molar-refractivity contribution in [3.63, 3.8) is 0 Å². The number of benzene rings is 1. The smallest absolute Gasteiger partial charge is 0.410 e. The summed E-state index contributed by atoms with van der Waals surface area (Å²) in [7, 11) is 0. The van der Waals surface area contributed by atoms with E-state index in [0.29, 0.717) is 39.1 Å². The molecular weight excluding hydrogens is 344 g/mol. The minimum Gasteiger partial charge on any atom is -0.445 e. The monoisotopic (exact) mass is 374 g/mol. The lowest BCUT2D eigenvalue weighted by Gasteiger charge is -2.37. The molecule has 3 fully saturated rings. The van der Waals surface area contributed by atoms with Crippen LogP contribution in [0.3, 0.4) is 0 Å². The maximum absolute atomic E-state index is 12.3. The van der Waals surface area contributed by atoms with E-state index in [1.165, 1.54) is 32.4 Å². The highest BCUT2D eigenvalue weighted by molar-refractivity contribution is 5.67. The maximum Gasteiger partial charge on any atom is 0.410 e. The van der Waals surface area contributed by atoms with Crippen molar-refractivity contribution in [2.24, 2.45) is 0 Å².